The van der Waals surface area contributed by atoms with E-state index in [4.69, 9.17) is 0 Å². The molecule has 3 aromatic heterocycles. The lowest BCUT2D eigenvalue weighted by Crippen LogP contribution is -2.23. The molecule has 3 aromatic rings. The van der Waals surface area contributed by atoms with Crippen molar-refractivity contribution in [1.82, 2.24) is 19.9 Å². The lowest BCUT2D eigenvalue weighted by atomic mass is 10.2. The number of carbonyl (C=O) groups excluding carboxylic acids is 1. The molecule has 0 fully saturated rings. The summed E-state index contributed by atoms with van der Waals surface area (Å²) < 4.78 is 0. The molecule has 1 aliphatic rings. The van der Waals surface area contributed by atoms with Crippen LogP contribution in [0, 0.1) is 0 Å². The van der Waals surface area contributed by atoms with E-state index in [1.807, 2.05) is 24.3 Å². The molecular formula is C19H18N6O. The highest BCUT2D eigenvalue weighted by molar-refractivity contribution is 5.92. The third-order valence-electron chi connectivity index (χ3n) is 4.18. The van der Waals surface area contributed by atoms with Crippen molar-refractivity contribution < 1.29 is 4.79 Å². The number of hydrogen-bond donors (Lipinski definition) is 2. The number of pyridine rings is 2. The van der Waals surface area contributed by atoms with Gasteiger partial charge in [0.25, 0.3) is 0 Å². The smallest absolute Gasteiger partial charge is 0.244 e. The van der Waals surface area contributed by atoms with Crippen molar-refractivity contribution in [1.29, 1.82) is 0 Å². The van der Waals surface area contributed by atoms with E-state index < -0.39 is 0 Å². The number of rotatable bonds is 5. The molecule has 0 atom stereocenters. The van der Waals surface area contributed by atoms with E-state index in [0.29, 0.717) is 17.5 Å². The minimum atomic E-state index is -0.173. The van der Waals surface area contributed by atoms with Gasteiger partial charge >= 0.3 is 0 Å². The fraction of sp³-hybridized carbons (Fsp3) is 0.211. The van der Waals surface area contributed by atoms with Gasteiger partial charge in [0, 0.05) is 23.7 Å². The van der Waals surface area contributed by atoms with Gasteiger partial charge in [0.05, 0.1) is 6.54 Å². The molecule has 2 N–H and O–H groups in total. The van der Waals surface area contributed by atoms with Gasteiger partial charge in [-0.3, -0.25) is 9.78 Å². The number of aryl methyl sites for hydroxylation is 1. The normalized spacial score (nSPS) is 12.5. The summed E-state index contributed by atoms with van der Waals surface area (Å²) in [5.41, 5.74) is 2.85. The Labute approximate surface area is 151 Å². The maximum Gasteiger partial charge on any atom is 0.244 e. The lowest BCUT2D eigenvalue weighted by Gasteiger charge is -2.12. The highest BCUT2D eigenvalue weighted by Crippen LogP contribution is 2.28. The number of fused-ring (bicyclic) bond motifs is 1. The summed E-state index contributed by atoms with van der Waals surface area (Å²) in [6, 6.07) is 11.0. The number of anilines is 2. The molecule has 1 amide bonds. The maximum absolute atomic E-state index is 12.2. The van der Waals surface area contributed by atoms with Crippen LogP contribution >= 0.6 is 0 Å². The molecule has 0 bridgehead atoms. The standard InChI is InChI=1S/C19H18N6O/c26-17(24-16-9-2-4-11-21-16)12-22-18-13-6-5-8-14(13)23-19(25-18)15-7-1-3-10-20-15/h1-4,7,9-11H,5-6,8,12H2,(H,21,24,26)(H,22,23,25). The fourth-order valence-corrected chi connectivity index (χ4v) is 2.98. The Bertz CT molecular complexity index is 914. The van der Waals surface area contributed by atoms with Crippen molar-refractivity contribution in [3.63, 3.8) is 0 Å². The SMILES string of the molecule is O=C(CNc1nc(-c2ccccn2)nc2c1CCC2)Nc1ccccn1. The Kier molecular flexibility index (Phi) is 4.51. The van der Waals surface area contributed by atoms with Crippen molar-refractivity contribution in [2.75, 3.05) is 17.2 Å². The number of hydrogen-bond acceptors (Lipinski definition) is 6. The van der Waals surface area contributed by atoms with E-state index in [9.17, 15) is 4.79 Å². The van der Waals surface area contributed by atoms with Crippen LogP contribution in [0.25, 0.3) is 11.5 Å². The monoisotopic (exact) mass is 346 g/mol. The molecule has 0 aromatic carbocycles. The lowest BCUT2D eigenvalue weighted by molar-refractivity contribution is -0.114. The first-order valence-corrected chi connectivity index (χ1v) is 8.55. The van der Waals surface area contributed by atoms with Crippen LogP contribution in [0.1, 0.15) is 17.7 Å². The number of carbonyl (C=O) groups is 1. The zero-order chi connectivity index (χ0) is 17.8. The van der Waals surface area contributed by atoms with Gasteiger partial charge in [0.1, 0.15) is 17.3 Å². The molecule has 26 heavy (non-hydrogen) atoms. The Morgan fingerprint density at radius 1 is 1.00 bits per heavy atom. The zero-order valence-corrected chi connectivity index (χ0v) is 14.1. The number of amides is 1. The predicted octanol–water partition coefficient (Wildman–Crippen LogP) is 2.47. The van der Waals surface area contributed by atoms with E-state index in [0.717, 1.165) is 36.2 Å². The minimum Gasteiger partial charge on any atom is -0.361 e. The zero-order valence-electron chi connectivity index (χ0n) is 14.1. The van der Waals surface area contributed by atoms with Gasteiger partial charge in [-0.1, -0.05) is 12.1 Å². The molecule has 0 unspecified atom stereocenters. The maximum atomic E-state index is 12.2. The summed E-state index contributed by atoms with van der Waals surface area (Å²) in [6.07, 6.45) is 6.25. The second-order valence-electron chi connectivity index (χ2n) is 6.01. The molecule has 7 heteroatoms. The average Bonchev–Trinajstić information content (AvgIpc) is 3.16. The molecule has 130 valence electrons. The minimum absolute atomic E-state index is 0.113. The third kappa shape index (κ3) is 3.51. The molecule has 7 nitrogen and oxygen atoms in total. The molecule has 0 spiro atoms. The number of aromatic nitrogens is 4. The fourth-order valence-electron chi connectivity index (χ4n) is 2.98. The molecule has 4 rings (SSSR count). The van der Waals surface area contributed by atoms with Crippen molar-refractivity contribution in [2.24, 2.45) is 0 Å². The van der Waals surface area contributed by atoms with Crippen LogP contribution in [0.4, 0.5) is 11.6 Å². The van der Waals surface area contributed by atoms with E-state index >= 15 is 0 Å². The van der Waals surface area contributed by atoms with Crippen molar-refractivity contribution in [3.05, 3.63) is 60.0 Å². The van der Waals surface area contributed by atoms with Gasteiger partial charge in [-0.2, -0.15) is 0 Å². The van der Waals surface area contributed by atoms with E-state index in [1.165, 1.54) is 0 Å². The Morgan fingerprint density at radius 2 is 1.85 bits per heavy atom. The largest absolute Gasteiger partial charge is 0.361 e. The van der Waals surface area contributed by atoms with Crippen LogP contribution in [0.3, 0.4) is 0 Å². The van der Waals surface area contributed by atoms with Crippen LogP contribution in [-0.2, 0) is 17.6 Å². The Balaban J connectivity index is 1.52. The Hall–Kier alpha value is -3.35. The van der Waals surface area contributed by atoms with Crippen LogP contribution in [-0.4, -0.2) is 32.4 Å². The molecule has 0 radical (unpaired) electrons. The molecule has 0 saturated carbocycles. The second kappa shape index (κ2) is 7.26. The highest BCUT2D eigenvalue weighted by atomic mass is 16.2. The number of nitrogens with one attached hydrogen (secondary N) is 2. The van der Waals surface area contributed by atoms with Gasteiger partial charge in [0.15, 0.2) is 5.82 Å². The van der Waals surface area contributed by atoms with Crippen molar-refractivity contribution >= 4 is 17.5 Å². The summed E-state index contributed by atoms with van der Waals surface area (Å²) in [5, 5.41) is 5.91. The van der Waals surface area contributed by atoms with Crippen LogP contribution in [0.2, 0.25) is 0 Å². The van der Waals surface area contributed by atoms with Gasteiger partial charge in [-0.25, -0.2) is 15.0 Å². The van der Waals surface area contributed by atoms with Crippen LogP contribution in [0.5, 0.6) is 0 Å². The molecule has 0 saturated heterocycles. The molecular weight excluding hydrogens is 328 g/mol. The average molecular weight is 346 g/mol. The Morgan fingerprint density at radius 3 is 2.62 bits per heavy atom. The van der Waals surface area contributed by atoms with Crippen LogP contribution < -0.4 is 10.6 Å². The van der Waals surface area contributed by atoms with Gasteiger partial charge in [0.2, 0.25) is 5.91 Å². The van der Waals surface area contributed by atoms with E-state index in [2.05, 4.69) is 30.6 Å². The van der Waals surface area contributed by atoms with Gasteiger partial charge in [-0.05, 0) is 43.5 Å². The molecule has 0 aliphatic heterocycles. The topological polar surface area (TPSA) is 92.7 Å². The molecule has 3 heterocycles. The summed E-state index contributed by atoms with van der Waals surface area (Å²) in [7, 11) is 0. The predicted molar refractivity (Wildman–Crippen MR) is 98.6 cm³/mol. The van der Waals surface area contributed by atoms with Crippen molar-refractivity contribution in [3.8, 4) is 11.5 Å². The summed E-state index contributed by atoms with van der Waals surface area (Å²) in [5.74, 6) is 1.65. The van der Waals surface area contributed by atoms with Gasteiger partial charge < -0.3 is 10.6 Å². The first-order chi connectivity index (χ1) is 12.8. The second-order valence-corrected chi connectivity index (χ2v) is 6.01. The summed E-state index contributed by atoms with van der Waals surface area (Å²) >= 11 is 0. The number of nitrogens with zero attached hydrogens (tertiary/aromatic N) is 4. The summed E-state index contributed by atoms with van der Waals surface area (Å²) in [4.78, 5) is 29.9. The summed E-state index contributed by atoms with van der Waals surface area (Å²) in [6.45, 7) is 0.113. The molecule has 1 aliphatic carbocycles. The first kappa shape index (κ1) is 16.1. The third-order valence-corrected chi connectivity index (χ3v) is 4.18. The van der Waals surface area contributed by atoms with Crippen molar-refractivity contribution in [2.45, 2.75) is 19.3 Å². The quantitative estimate of drug-likeness (QED) is 0.737. The highest BCUT2D eigenvalue weighted by Gasteiger charge is 2.20. The van der Waals surface area contributed by atoms with E-state index in [1.54, 1.807) is 24.5 Å². The van der Waals surface area contributed by atoms with Gasteiger partial charge in [-0.15, -0.1) is 0 Å². The van der Waals surface area contributed by atoms with E-state index in [-0.39, 0.29) is 12.5 Å². The van der Waals surface area contributed by atoms with Crippen LogP contribution in [0.15, 0.2) is 48.8 Å². The first-order valence-electron chi connectivity index (χ1n) is 8.55.